The van der Waals surface area contributed by atoms with Crippen LogP contribution < -0.4 is 5.32 Å². The zero-order valence-electron chi connectivity index (χ0n) is 14.6. The number of hydrogen-bond donors (Lipinski definition) is 2. The van der Waals surface area contributed by atoms with E-state index >= 15 is 0 Å². The highest BCUT2D eigenvalue weighted by Gasteiger charge is 2.26. The van der Waals surface area contributed by atoms with E-state index in [2.05, 4.69) is 10.2 Å². The number of amides is 1. The molecular weight excluding hydrogens is 320 g/mol. The highest BCUT2D eigenvalue weighted by molar-refractivity contribution is 5.96. The number of ether oxygens (including phenoxy) is 1. The number of nitrogens with zero attached hydrogens (tertiary/aromatic N) is 1. The molecule has 1 aromatic heterocycles. The van der Waals surface area contributed by atoms with Crippen LogP contribution >= 0.6 is 0 Å². The number of nitrogens with one attached hydrogen (secondary N) is 1. The zero-order valence-corrected chi connectivity index (χ0v) is 14.6. The minimum absolute atomic E-state index is 0.00531. The van der Waals surface area contributed by atoms with E-state index in [1.807, 2.05) is 32.0 Å². The summed E-state index contributed by atoms with van der Waals surface area (Å²) in [4.78, 5) is 14.7. The molecule has 0 spiro atoms. The number of rotatable bonds is 5. The van der Waals surface area contributed by atoms with Crippen LogP contribution in [-0.2, 0) is 4.74 Å². The van der Waals surface area contributed by atoms with E-state index in [0.717, 1.165) is 30.2 Å². The second-order valence-electron chi connectivity index (χ2n) is 6.34. The first kappa shape index (κ1) is 17.5. The lowest BCUT2D eigenvalue weighted by molar-refractivity contribution is 0.0117. The summed E-state index contributed by atoms with van der Waals surface area (Å²) in [6, 6.07) is 8.85. The summed E-state index contributed by atoms with van der Waals surface area (Å²) in [6.45, 7) is 7.09. The zero-order chi connectivity index (χ0) is 17.8. The lowest BCUT2D eigenvalue weighted by Gasteiger charge is -2.33. The van der Waals surface area contributed by atoms with E-state index in [9.17, 15) is 9.90 Å². The topological polar surface area (TPSA) is 74.9 Å². The first-order chi connectivity index (χ1) is 12.0. The normalized spacial score (nSPS) is 16.6. The van der Waals surface area contributed by atoms with Gasteiger partial charge in [-0.05, 0) is 43.7 Å². The maximum atomic E-state index is 12.5. The molecule has 1 aliphatic rings. The third-order valence-electron chi connectivity index (χ3n) is 4.43. The van der Waals surface area contributed by atoms with Crippen LogP contribution in [0.2, 0.25) is 0 Å². The average molecular weight is 344 g/mol. The molecule has 2 N–H and O–H groups in total. The fourth-order valence-corrected chi connectivity index (χ4v) is 3.05. The van der Waals surface area contributed by atoms with Crippen molar-refractivity contribution in [2.24, 2.45) is 0 Å². The summed E-state index contributed by atoms with van der Waals surface area (Å²) < 4.78 is 11.2. The van der Waals surface area contributed by atoms with Gasteiger partial charge in [0, 0.05) is 19.6 Å². The third-order valence-corrected chi connectivity index (χ3v) is 4.43. The van der Waals surface area contributed by atoms with Crippen LogP contribution in [0.25, 0.3) is 0 Å². The largest absolute Gasteiger partial charge is 0.507 e. The minimum Gasteiger partial charge on any atom is -0.507 e. The molecule has 1 aliphatic heterocycles. The van der Waals surface area contributed by atoms with Crippen molar-refractivity contribution >= 4 is 5.91 Å². The Bertz CT molecular complexity index is 735. The van der Waals surface area contributed by atoms with Gasteiger partial charge in [0.15, 0.2) is 0 Å². The van der Waals surface area contributed by atoms with E-state index < -0.39 is 0 Å². The van der Waals surface area contributed by atoms with Gasteiger partial charge in [-0.3, -0.25) is 9.69 Å². The van der Waals surface area contributed by atoms with Crippen molar-refractivity contribution in [1.29, 1.82) is 0 Å². The Balaban J connectivity index is 1.72. The Labute approximate surface area is 147 Å². The molecule has 2 aromatic rings. The number of morpholine rings is 1. The van der Waals surface area contributed by atoms with Gasteiger partial charge in [0.05, 0.1) is 24.8 Å². The van der Waals surface area contributed by atoms with E-state index in [1.165, 1.54) is 0 Å². The van der Waals surface area contributed by atoms with E-state index in [4.69, 9.17) is 9.15 Å². The Morgan fingerprint density at radius 3 is 2.64 bits per heavy atom. The van der Waals surface area contributed by atoms with E-state index in [1.54, 1.807) is 12.1 Å². The van der Waals surface area contributed by atoms with Crippen LogP contribution in [0.4, 0.5) is 0 Å². The lowest BCUT2D eigenvalue weighted by Crippen LogP contribution is -2.43. The van der Waals surface area contributed by atoms with Gasteiger partial charge in [-0.1, -0.05) is 6.07 Å². The first-order valence-electron chi connectivity index (χ1n) is 8.50. The van der Waals surface area contributed by atoms with Gasteiger partial charge >= 0.3 is 0 Å². The summed E-state index contributed by atoms with van der Waals surface area (Å²) in [6.07, 6.45) is 0. The van der Waals surface area contributed by atoms with Crippen molar-refractivity contribution in [1.82, 2.24) is 10.2 Å². The molecule has 6 heteroatoms. The lowest BCUT2D eigenvalue weighted by atomic mass is 10.1. The number of hydrogen-bond acceptors (Lipinski definition) is 5. The minimum atomic E-state index is -0.293. The smallest absolute Gasteiger partial charge is 0.255 e. The Kier molecular flexibility index (Phi) is 5.40. The van der Waals surface area contributed by atoms with Crippen molar-refractivity contribution in [3.63, 3.8) is 0 Å². The second kappa shape index (κ2) is 7.72. The van der Waals surface area contributed by atoms with E-state index in [-0.39, 0.29) is 23.3 Å². The van der Waals surface area contributed by atoms with Crippen molar-refractivity contribution < 1.29 is 19.1 Å². The molecule has 2 heterocycles. The predicted molar refractivity (Wildman–Crippen MR) is 93.8 cm³/mol. The summed E-state index contributed by atoms with van der Waals surface area (Å²) in [5, 5.41) is 12.9. The number of aromatic hydroxyl groups is 1. The molecular formula is C19H24N2O4. The molecule has 1 unspecified atom stereocenters. The highest BCUT2D eigenvalue weighted by atomic mass is 16.5. The van der Waals surface area contributed by atoms with Gasteiger partial charge in [0.25, 0.3) is 5.91 Å². The molecule has 3 rings (SSSR count). The van der Waals surface area contributed by atoms with Crippen LogP contribution in [0, 0.1) is 13.8 Å². The van der Waals surface area contributed by atoms with Gasteiger partial charge in [-0.25, -0.2) is 0 Å². The fourth-order valence-electron chi connectivity index (χ4n) is 3.05. The summed E-state index contributed by atoms with van der Waals surface area (Å²) in [5.74, 6) is 1.37. The predicted octanol–water partition coefficient (Wildman–Crippen LogP) is 2.41. The van der Waals surface area contributed by atoms with Crippen molar-refractivity contribution in [2.45, 2.75) is 19.9 Å². The van der Waals surface area contributed by atoms with Gasteiger partial charge in [0.1, 0.15) is 17.3 Å². The Morgan fingerprint density at radius 1 is 1.24 bits per heavy atom. The molecule has 0 aliphatic carbocycles. The number of benzene rings is 1. The second-order valence-corrected chi connectivity index (χ2v) is 6.34. The van der Waals surface area contributed by atoms with Crippen molar-refractivity contribution in [2.75, 3.05) is 32.8 Å². The van der Waals surface area contributed by atoms with Crippen molar-refractivity contribution in [3.8, 4) is 5.75 Å². The van der Waals surface area contributed by atoms with Crippen LogP contribution in [0.15, 0.2) is 34.7 Å². The maximum Gasteiger partial charge on any atom is 0.255 e. The summed E-state index contributed by atoms with van der Waals surface area (Å²) >= 11 is 0. The molecule has 1 atom stereocenters. The van der Waals surface area contributed by atoms with Crippen LogP contribution in [0.3, 0.4) is 0 Å². The number of carbonyl (C=O) groups is 1. The van der Waals surface area contributed by atoms with Crippen molar-refractivity contribution in [3.05, 3.63) is 53.0 Å². The number of carbonyl (C=O) groups excluding carboxylic acids is 1. The molecule has 25 heavy (non-hydrogen) atoms. The summed E-state index contributed by atoms with van der Waals surface area (Å²) in [7, 11) is 0. The van der Waals surface area contributed by atoms with Gasteiger partial charge in [-0.2, -0.15) is 0 Å². The average Bonchev–Trinajstić information content (AvgIpc) is 3.02. The molecule has 0 radical (unpaired) electrons. The molecule has 1 fully saturated rings. The van der Waals surface area contributed by atoms with E-state index in [0.29, 0.717) is 19.8 Å². The fraction of sp³-hybridized carbons (Fsp3) is 0.421. The standard InChI is InChI=1S/C19H24N2O4/c1-13-3-5-15(17(22)11-13)19(23)20-12-16(18-6-4-14(2)25-18)21-7-9-24-10-8-21/h3-6,11,16,22H,7-10,12H2,1-2H3,(H,20,23). The quantitative estimate of drug-likeness (QED) is 0.871. The molecule has 6 nitrogen and oxygen atoms in total. The van der Waals surface area contributed by atoms with Crippen LogP contribution in [0.5, 0.6) is 5.75 Å². The Hall–Kier alpha value is -2.31. The number of aryl methyl sites for hydroxylation is 2. The monoisotopic (exact) mass is 344 g/mol. The SMILES string of the molecule is Cc1ccc(C(=O)NCC(c2ccc(C)o2)N2CCOCC2)c(O)c1. The van der Waals surface area contributed by atoms with Gasteiger partial charge < -0.3 is 19.6 Å². The molecule has 1 saturated heterocycles. The van der Waals surface area contributed by atoms with Gasteiger partial charge in [0.2, 0.25) is 0 Å². The first-order valence-corrected chi connectivity index (χ1v) is 8.50. The Morgan fingerprint density at radius 2 is 2.00 bits per heavy atom. The van der Waals surface area contributed by atoms with Crippen LogP contribution in [-0.4, -0.2) is 48.8 Å². The highest BCUT2D eigenvalue weighted by Crippen LogP contribution is 2.24. The number of phenolic OH excluding ortho intramolecular Hbond substituents is 1. The molecule has 1 amide bonds. The van der Waals surface area contributed by atoms with Crippen LogP contribution in [0.1, 0.15) is 33.5 Å². The van der Waals surface area contributed by atoms with Gasteiger partial charge in [-0.15, -0.1) is 0 Å². The molecule has 0 bridgehead atoms. The summed E-state index contributed by atoms with van der Waals surface area (Å²) in [5.41, 5.74) is 1.19. The maximum absolute atomic E-state index is 12.5. The molecule has 1 aromatic carbocycles. The molecule has 0 saturated carbocycles. The number of phenols is 1. The third kappa shape index (κ3) is 4.21. The molecule has 134 valence electrons. The number of furan rings is 1.